The van der Waals surface area contributed by atoms with E-state index in [4.69, 9.17) is 0 Å². The summed E-state index contributed by atoms with van der Waals surface area (Å²) in [4.78, 5) is 119. The number of ketones is 1. The molecule has 0 saturated heterocycles. The van der Waals surface area contributed by atoms with Crippen LogP contribution in [-0.4, -0.2) is 123 Å². The van der Waals surface area contributed by atoms with E-state index in [1.54, 1.807) is 14.0 Å². The van der Waals surface area contributed by atoms with Gasteiger partial charge in [0.1, 0.15) is 30.0 Å². The topological polar surface area (TPSA) is 324 Å². The summed E-state index contributed by atoms with van der Waals surface area (Å²) in [6.45, 7) is 3.50. The molecule has 0 fully saturated rings. The summed E-state index contributed by atoms with van der Waals surface area (Å²) in [7, 11) is 1.68. The third-order valence-corrected chi connectivity index (χ3v) is 7.73. The van der Waals surface area contributed by atoms with Crippen LogP contribution in [0.25, 0.3) is 0 Å². The molecule has 0 bridgehead atoms. The Balaban J connectivity index is 4.82. The molecule has 5 atom stereocenters. The Hall–Kier alpha value is -5.14. The number of carboxylic acids is 4. The van der Waals surface area contributed by atoms with Crippen LogP contribution in [0.1, 0.15) is 97.3 Å². The number of hydrogen-bond acceptors (Lipinski definition) is 11. The first-order valence-corrected chi connectivity index (χ1v) is 16.9. The van der Waals surface area contributed by atoms with E-state index in [0.717, 1.165) is 0 Å². The van der Waals surface area contributed by atoms with Crippen molar-refractivity contribution in [2.45, 2.75) is 128 Å². The van der Waals surface area contributed by atoms with Crippen molar-refractivity contribution in [3.05, 3.63) is 0 Å². The van der Waals surface area contributed by atoms with Crippen LogP contribution in [0.2, 0.25) is 0 Å². The van der Waals surface area contributed by atoms with Crippen LogP contribution in [0.4, 0.5) is 0 Å². The van der Waals surface area contributed by atoms with Crippen LogP contribution in [-0.2, 0) is 47.9 Å². The minimum absolute atomic E-state index is 0.00262. The number of carbonyl (C=O) groups is 10. The number of aliphatic carboxylic acids is 4. The van der Waals surface area contributed by atoms with Crippen molar-refractivity contribution >= 4 is 59.2 Å². The van der Waals surface area contributed by atoms with E-state index in [0.29, 0.717) is 32.2 Å². The van der Waals surface area contributed by atoms with Gasteiger partial charge in [0, 0.05) is 38.6 Å². The van der Waals surface area contributed by atoms with E-state index in [1.165, 1.54) is 6.92 Å². The molecule has 20 heteroatoms. The molecule has 294 valence electrons. The fraction of sp³-hybridized carbons (Fsp3) is 0.688. The Morgan fingerprint density at radius 1 is 0.462 bits per heavy atom. The van der Waals surface area contributed by atoms with Gasteiger partial charge in [-0.25, -0.2) is 19.2 Å². The number of carbonyl (C=O) groups excluding carboxylic acids is 6. The summed E-state index contributed by atoms with van der Waals surface area (Å²) in [5, 5.41) is 52.0. The highest BCUT2D eigenvalue weighted by Crippen LogP contribution is 2.07. The van der Waals surface area contributed by atoms with Crippen molar-refractivity contribution in [3.8, 4) is 0 Å². The maximum atomic E-state index is 12.4. The number of amides is 5. The summed E-state index contributed by atoms with van der Waals surface area (Å²) in [5.41, 5.74) is 0. The monoisotopic (exact) mass is 744 g/mol. The minimum Gasteiger partial charge on any atom is -0.480 e. The molecule has 0 aromatic carbocycles. The Morgan fingerprint density at radius 3 is 1.08 bits per heavy atom. The molecule has 0 aliphatic heterocycles. The third kappa shape index (κ3) is 21.2. The highest BCUT2D eigenvalue weighted by atomic mass is 16.4. The molecule has 0 aliphatic rings. The summed E-state index contributed by atoms with van der Waals surface area (Å²) in [6.07, 6.45) is -0.893. The molecular formula is C32H52N6O14. The molecule has 0 aliphatic carbocycles. The molecule has 52 heavy (non-hydrogen) atoms. The van der Waals surface area contributed by atoms with E-state index in [-0.39, 0.29) is 37.5 Å². The lowest BCUT2D eigenvalue weighted by Gasteiger charge is -2.18. The first-order chi connectivity index (χ1) is 24.4. The molecule has 10 N–H and O–H groups in total. The first kappa shape index (κ1) is 46.9. The van der Waals surface area contributed by atoms with Crippen molar-refractivity contribution < 1.29 is 68.4 Å². The number of rotatable bonds is 29. The standard InChI is InChI=1S/C32H52N6O14/c1-4-7-25(41)35-21(30(47)48)10-14-27(43)37-23(32(51)52)12-16-28(44)38-22(31(49)50)11-15-26(42)36-20(29(45)46)9-13-24(40)34-17-6-5-8-19(33-3)18(2)39/h19-23,33H,4-17H2,1-3H3,(H,34,40)(H,35,41)(H,36,42)(H,37,43)(H,38,44)(H,45,46)(H,47,48)(H,49,50)(H,51,52)/t19-,20-,21-,22-,23-/m0/s1. The van der Waals surface area contributed by atoms with Gasteiger partial charge in [-0.15, -0.1) is 0 Å². The lowest BCUT2D eigenvalue weighted by atomic mass is 10.1. The molecule has 0 aromatic rings. The maximum Gasteiger partial charge on any atom is 0.326 e. The lowest BCUT2D eigenvalue weighted by Crippen LogP contribution is -2.45. The fourth-order valence-corrected chi connectivity index (χ4v) is 4.76. The van der Waals surface area contributed by atoms with Crippen molar-refractivity contribution in [1.29, 1.82) is 0 Å². The van der Waals surface area contributed by atoms with Crippen molar-refractivity contribution in [2.75, 3.05) is 13.6 Å². The minimum atomic E-state index is -1.61. The molecule has 0 radical (unpaired) electrons. The second kappa shape index (κ2) is 25.8. The predicted octanol–water partition coefficient (Wildman–Crippen LogP) is -1.35. The molecule has 20 nitrogen and oxygen atoms in total. The molecular weight excluding hydrogens is 692 g/mol. The molecule has 5 amide bonds. The SMILES string of the molecule is CCCC(=O)N[C@@H](CCC(=O)N[C@@H](CCC(=O)N[C@@H](CCC(=O)N[C@@H](CCC(=O)NCCCC[C@H](NC)C(C)=O)C(=O)O)C(=O)O)C(=O)O)C(=O)O. The van der Waals surface area contributed by atoms with Crippen LogP contribution in [0.3, 0.4) is 0 Å². The average molecular weight is 745 g/mol. The van der Waals surface area contributed by atoms with Gasteiger partial charge in [-0.2, -0.15) is 0 Å². The lowest BCUT2D eigenvalue weighted by molar-refractivity contribution is -0.144. The smallest absolute Gasteiger partial charge is 0.326 e. The Labute approximate surface area is 300 Å². The van der Waals surface area contributed by atoms with Gasteiger partial charge in [0.2, 0.25) is 29.5 Å². The number of Topliss-reactive ketones (excluding diaryl/α,β-unsaturated/α-hetero) is 1. The number of likely N-dealkylation sites (N-methyl/N-ethyl adjacent to an activating group) is 1. The number of unbranched alkanes of at least 4 members (excludes halogenated alkanes) is 1. The van der Waals surface area contributed by atoms with E-state index in [1.807, 2.05) is 0 Å². The van der Waals surface area contributed by atoms with Gasteiger partial charge >= 0.3 is 23.9 Å². The number of hydrogen-bond donors (Lipinski definition) is 10. The zero-order valence-electron chi connectivity index (χ0n) is 29.7. The van der Waals surface area contributed by atoms with Gasteiger partial charge in [-0.05, 0) is 65.3 Å². The van der Waals surface area contributed by atoms with Crippen molar-refractivity contribution in [2.24, 2.45) is 0 Å². The largest absolute Gasteiger partial charge is 0.480 e. The van der Waals surface area contributed by atoms with Crippen LogP contribution in [0, 0.1) is 0 Å². The summed E-state index contributed by atoms with van der Waals surface area (Å²) < 4.78 is 0. The van der Waals surface area contributed by atoms with Crippen LogP contribution >= 0.6 is 0 Å². The van der Waals surface area contributed by atoms with E-state index in [2.05, 4.69) is 31.9 Å². The van der Waals surface area contributed by atoms with Crippen molar-refractivity contribution in [3.63, 3.8) is 0 Å². The zero-order valence-corrected chi connectivity index (χ0v) is 29.7. The molecule has 0 aromatic heterocycles. The average Bonchev–Trinajstić information content (AvgIpc) is 3.05. The Bertz CT molecular complexity index is 1280. The van der Waals surface area contributed by atoms with Gasteiger partial charge in [-0.3, -0.25) is 28.8 Å². The molecule has 0 heterocycles. The van der Waals surface area contributed by atoms with Gasteiger partial charge in [0.25, 0.3) is 0 Å². The Morgan fingerprint density at radius 2 is 0.788 bits per heavy atom. The molecule has 0 spiro atoms. The van der Waals surface area contributed by atoms with Crippen LogP contribution in [0.15, 0.2) is 0 Å². The van der Waals surface area contributed by atoms with E-state index < -0.39 is 110 Å². The normalized spacial score (nSPS) is 13.6. The first-order valence-electron chi connectivity index (χ1n) is 16.9. The third-order valence-electron chi connectivity index (χ3n) is 7.73. The number of carboxylic acid groups (broad SMARTS) is 4. The van der Waals surface area contributed by atoms with Gasteiger partial charge in [0.05, 0.1) is 6.04 Å². The van der Waals surface area contributed by atoms with Gasteiger partial charge in [-0.1, -0.05) is 6.92 Å². The number of nitrogens with one attached hydrogen (secondary N) is 6. The van der Waals surface area contributed by atoms with Gasteiger partial charge in [0.15, 0.2) is 0 Å². The fourth-order valence-electron chi connectivity index (χ4n) is 4.76. The summed E-state index contributed by atoms with van der Waals surface area (Å²) in [6, 6.07) is -6.32. The van der Waals surface area contributed by atoms with Gasteiger partial charge < -0.3 is 52.3 Å². The summed E-state index contributed by atoms with van der Waals surface area (Å²) in [5.74, 6) is -9.48. The highest BCUT2D eigenvalue weighted by Gasteiger charge is 2.27. The summed E-state index contributed by atoms with van der Waals surface area (Å²) >= 11 is 0. The Kier molecular flexibility index (Phi) is 23.2. The quantitative estimate of drug-likeness (QED) is 0.0396. The van der Waals surface area contributed by atoms with E-state index >= 15 is 0 Å². The van der Waals surface area contributed by atoms with Crippen molar-refractivity contribution in [1.82, 2.24) is 31.9 Å². The molecule has 0 unspecified atom stereocenters. The highest BCUT2D eigenvalue weighted by molar-refractivity contribution is 5.88. The maximum absolute atomic E-state index is 12.4. The predicted molar refractivity (Wildman–Crippen MR) is 180 cm³/mol. The zero-order chi connectivity index (χ0) is 39.8. The molecule has 0 rings (SSSR count). The second-order valence-corrected chi connectivity index (χ2v) is 12.0. The second-order valence-electron chi connectivity index (χ2n) is 12.0. The van der Waals surface area contributed by atoms with Crippen LogP contribution < -0.4 is 31.9 Å². The van der Waals surface area contributed by atoms with E-state index in [9.17, 15) is 68.4 Å². The molecule has 0 saturated carbocycles. The van der Waals surface area contributed by atoms with Crippen LogP contribution in [0.5, 0.6) is 0 Å².